The van der Waals surface area contributed by atoms with Crippen LogP contribution in [-0.4, -0.2) is 19.9 Å². The number of aryl methyl sites for hydroxylation is 6. The molecule has 0 atom stereocenters. The molecule has 0 unspecified atom stereocenters. The van der Waals surface area contributed by atoms with Gasteiger partial charge in [0.1, 0.15) is 11.2 Å². The molecule has 0 radical (unpaired) electrons. The molecule has 0 saturated carbocycles. The highest BCUT2D eigenvalue weighted by Crippen LogP contribution is 2.40. The Morgan fingerprint density at radius 1 is 0.446 bits per heavy atom. The lowest BCUT2D eigenvalue weighted by Crippen LogP contribution is -1.91. The van der Waals surface area contributed by atoms with Gasteiger partial charge in [0.15, 0.2) is 0 Å². The normalized spacial score (nSPS) is 12.3. The van der Waals surface area contributed by atoms with E-state index in [0.29, 0.717) is 0 Å². The SMILES string of the molecule is Cc1cc(C)c(-c2c3ccc([nH]3)c3nc(c(-c4cccc(C#Cc5ccc(C6=C=CC=C6)cc5)c4)c4ccc([nH]4)c4ccc([nH]4)c(-c4c(C)cc(C)cc4C)c4ccc2o4)C=C3)c(C)c1. The number of allylic oxidation sites excluding steroid dienone is 3. The van der Waals surface area contributed by atoms with E-state index in [0.717, 1.165) is 111 Å². The Balaban J connectivity index is 1.17. The first-order chi connectivity index (χ1) is 31.6. The van der Waals surface area contributed by atoms with E-state index in [4.69, 9.17) is 9.40 Å². The third-order valence-electron chi connectivity index (χ3n) is 12.6. The van der Waals surface area contributed by atoms with Gasteiger partial charge in [-0.05, 0) is 183 Å². The fraction of sp³-hybridized carbons (Fsp3) is 0.100. The number of hydrogen-bond donors (Lipinski definition) is 3. The first kappa shape index (κ1) is 39.5. The van der Waals surface area contributed by atoms with Crippen LogP contribution in [-0.2, 0) is 0 Å². The number of benzene rings is 4. The highest BCUT2D eigenvalue weighted by molar-refractivity contribution is 6.00. The molecule has 4 aromatic carbocycles. The van der Waals surface area contributed by atoms with Crippen LogP contribution in [0.2, 0.25) is 0 Å². The number of hydrogen-bond acceptors (Lipinski definition) is 2. The minimum atomic E-state index is 0.786. The first-order valence-electron chi connectivity index (χ1n) is 22.1. The van der Waals surface area contributed by atoms with Gasteiger partial charge in [-0.3, -0.25) is 0 Å². The van der Waals surface area contributed by atoms with Crippen molar-refractivity contribution in [1.29, 1.82) is 0 Å². The maximum absolute atomic E-state index is 7.12. The van der Waals surface area contributed by atoms with Crippen LogP contribution < -0.4 is 0 Å². The molecule has 10 bridgehead atoms. The summed E-state index contributed by atoms with van der Waals surface area (Å²) in [4.78, 5) is 16.7. The molecule has 3 N–H and O–H groups in total. The zero-order chi connectivity index (χ0) is 44.3. The lowest BCUT2D eigenvalue weighted by Gasteiger charge is -2.13. The summed E-state index contributed by atoms with van der Waals surface area (Å²) in [7, 11) is 0. The van der Waals surface area contributed by atoms with Gasteiger partial charge < -0.3 is 19.4 Å². The van der Waals surface area contributed by atoms with Gasteiger partial charge in [0.2, 0.25) is 0 Å². The van der Waals surface area contributed by atoms with Crippen molar-refractivity contribution in [1.82, 2.24) is 19.9 Å². The zero-order valence-electron chi connectivity index (χ0n) is 37.3. The summed E-state index contributed by atoms with van der Waals surface area (Å²) in [6.45, 7) is 13.1. The van der Waals surface area contributed by atoms with Crippen molar-refractivity contribution in [2.24, 2.45) is 0 Å². The van der Waals surface area contributed by atoms with Crippen LogP contribution >= 0.6 is 0 Å². The summed E-state index contributed by atoms with van der Waals surface area (Å²) in [6, 6.07) is 42.9. The quantitative estimate of drug-likeness (QED) is 0.122. The van der Waals surface area contributed by atoms with Gasteiger partial charge >= 0.3 is 0 Å². The smallest absolute Gasteiger partial charge is 0.137 e. The van der Waals surface area contributed by atoms with Gasteiger partial charge in [-0.15, -0.1) is 5.73 Å². The number of aromatic nitrogens is 4. The van der Waals surface area contributed by atoms with Crippen LogP contribution in [0.3, 0.4) is 0 Å². The fourth-order valence-electron chi connectivity index (χ4n) is 9.86. The average Bonchev–Trinajstić information content (AvgIpc) is 4.15. The van der Waals surface area contributed by atoms with Gasteiger partial charge in [-0.2, -0.15) is 0 Å². The molecule has 1 aliphatic heterocycles. The molecule has 5 aromatic heterocycles. The fourth-order valence-corrected chi connectivity index (χ4v) is 9.86. The highest BCUT2D eigenvalue weighted by Gasteiger charge is 2.19. The molecule has 2 aliphatic rings. The molecule has 9 aromatic rings. The number of furan rings is 1. The standard InChI is InChI=1S/C60H46N4O/c1-35-30-37(3)56(38(4)31-35)59-52-26-22-48(63-52)46-20-24-50(61-46)58(45-13-9-10-42(34-45)15-14-41-16-18-44(19-17-41)43-11-7-8-12-43)51-25-21-47(62-51)49-23-27-53(64-49)60(55-29-28-54(59)65-55)57-39(5)32-36(2)33-40(57)6/h7-11,13,16-34,61,63-64H,1-6H3. The first-order valence-corrected chi connectivity index (χ1v) is 22.1. The van der Waals surface area contributed by atoms with Gasteiger partial charge in [0.05, 0.1) is 39.0 Å². The number of nitrogens with zero attached hydrogens (tertiary/aromatic N) is 1. The number of aromatic amines is 3. The van der Waals surface area contributed by atoms with Crippen LogP contribution in [0.1, 0.15) is 61.5 Å². The lowest BCUT2D eigenvalue weighted by atomic mass is 9.93. The molecule has 0 fully saturated rings. The minimum absolute atomic E-state index is 0.786. The third-order valence-corrected chi connectivity index (χ3v) is 12.6. The van der Waals surface area contributed by atoms with Crippen molar-refractivity contribution in [2.45, 2.75) is 41.5 Å². The Morgan fingerprint density at radius 2 is 0.969 bits per heavy atom. The Bertz CT molecular complexity index is 3770. The second-order valence-corrected chi connectivity index (χ2v) is 17.4. The van der Waals surface area contributed by atoms with E-state index in [9.17, 15) is 0 Å². The molecule has 1 aliphatic carbocycles. The maximum atomic E-state index is 7.12. The molecular formula is C60H46N4O. The van der Waals surface area contributed by atoms with Gasteiger partial charge in [-0.25, -0.2) is 4.98 Å². The summed E-state index contributed by atoms with van der Waals surface area (Å²) in [5.74, 6) is 6.83. The lowest BCUT2D eigenvalue weighted by molar-refractivity contribution is 0.668. The largest absolute Gasteiger partial charge is 0.456 e. The topological polar surface area (TPSA) is 73.4 Å². The monoisotopic (exact) mass is 838 g/mol. The maximum Gasteiger partial charge on any atom is 0.137 e. The third kappa shape index (κ3) is 7.27. The molecule has 6 heterocycles. The van der Waals surface area contributed by atoms with Crippen molar-refractivity contribution in [2.75, 3.05) is 0 Å². The van der Waals surface area contributed by atoms with Crippen LogP contribution in [0.5, 0.6) is 0 Å². The Labute approximate surface area is 378 Å². The summed E-state index contributed by atoms with van der Waals surface area (Å²) in [5.41, 5.74) is 29.9. The molecule has 0 saturated heterocycles. The predicted molar refractivity (Wildman–Crippen MR) is 272 cm³/mol. The van der Waals surface area contributed by atoms with E-state index < -0.39 is 0 Å². The molecule has 5 nitrogen and oxygen atoms in total. The van der Waals surface area contributed by atoms with E-state index in [2.05, 4.69) is 214 Å². The average molecular weight is 839 g/mol. The summed E-state index contributed by atoms with van der Waals surface area (Å²) in [6.07, 6.45) is 10.2. The van der Waals surface area contributed by atoms with Crippen LogP contribution in [0.15, 0.2) is 150 Å². The van der Waals surface area contributed by atoms with E-state index in [1.165, 1.54) is 33.4 Å². The highest BCUT2D eigenvalue weighted by atomic mass is 16.3. The van der Waals surface area contributed by atoms with E-state index >= 15 is 0 Å². The van der Waals surface area contributed by atoms with E-state index in [1.807, 2.05) is 12.2 Å². The molecule has 0 amide bonds. The van der Waals surface area contributed by atoms with Crippen molar-refractivity contribution in [3.63, 3.8) is 0 Å². The van der Waals surface area contributed by atoms with E-state index in [-0.39, 0.29) is 0 Å². The van der Waals surface area contributed by atoms with Crippen LogP contribution in [0.25, 0.3) is 95.4 Å². The molecule has 65 heavy (non-hydrogen) atoms. The summed E-state index contributed by atoms with van der Waals surface area (Å²) < 4.78 is 7.12. The van der Waals surface area contributed by atoms with Crippen molar-refractivity contribution >= 4 is 62.0 Å². The van der Waals surface area contributed by atoms with Crippen LogP contribution in [0, 0.1) is 53.4 Å². The summed E-state index contributed by atoms with van der Waals surface area (Å²) >= 11 is 0. The summed E-state index contributed by atoms with van der Waals surface area (Å²) in [5, 5.41) is 0. The Morgan fingerprint density at radius 3 is 1.55 bits per heavy atom. The Kier molecular flexibility index (Phi) is 9.62. The second-order valence-electron chi connectivity index (χ2n) is 17.4. The predicted octanol–water partition coefficient (Wildman–Crippen LogP) is 15.4. The van der Waals surface area contributed by atoms with Gasteiger partial charge in [0.25, 0.3) is 0 Å². The van der Waals surface area contributed by atoms with Gasteiger partial charge in [-0.1, -0.05) is 77.6 Å². The molecule has 312 valence electrons. The van der Waals surface area contributed by atoms with Gasteiger partial charge in [0, 0.05) is 38.9 Å². The second kappa shape index (κ2) is 15.8. The number of nitrogens with one attached hydrogen (secondary N) is 3. The molecular weight excluding hydrogens is 793 g/mol. The van der Waals surface area contributed by atoms with Crippen molar-refractivity contribution < 1.29 is 4.42 Å². The van der Waals surface area contributed by atoms with E-state index in [1.54, 1.807) is 0 Å². The van der Waals surface area contributed by atoms with Crippen molar-refractivity contribution in [3.8, 4) is 45.2 Å². The number of H-pyrrole nitrogens is 3. The number of fused-ring (bicyclic) bond motifs is 12. The molecule has 0 spiro atoms. The minimum Gasteiger partial charge on any atom is -0.456 e. The number of rotatable bonds is 4. The zero-order valence-corrected chi connectivity index (χ0v) is 37.3. The van der Waals surface area contributed by atoms with Crippen LogP contribution in [0.4, 0.5) is 0 Å². The Hall–Kier alpha value is -8.29. The molecule has 11 rings (SSSR count). The molecule has 5 heteroatoms. The van der Waals surface area contributed by atoms with Crippen molar-refractivity contribution in [3.05, 3.63) is 207 Å².